The quantitative estimate of drug-likeness (QED) is 0.767. The van der Waals surface area contributed by atoms with Crippen LogP contribution in [0.5, 0.6) is 0 Å². The van der Waals surface area contributed by atoms with E-state index in [-0.39, 0.29) is 28.8 Å². The first-order valence-corrected chi connectivity index (χ1v) is 10.3. The molecule has 0 spiro atoms. The zero-order valence-corrected chi connectivity index (χ0v) is 16.5. The highest BCUT2D eigenvalue weighted by molar-refractivity contribution is 7.89. The largest absolute Gasteiger partial charge is 0.450 e. The van der Waals surface area contributed by atoms with Crippen molar-refractivity contribution in [3.8, 4) is 0 Å². The standard InChI is InChI=1S/C18H18ClN3O5S/c1-2-27-18(24)21-15-9-8-13(10-14(15)19)28(25,26)22-11-16(20-17(22)23)12-6-4-3-5-7-12/h3-10,16H,2,11H2,1H3,(H,20,23)(H,21,24)/t16-/m1/s1. The molecule has 8 nitrogen and oxygen atoms in total. The van der Waals surface area contributed by atoms with Crippen LogP contribution >= 0.6 is 11.6 Å². The van der Waals surface area contributed by atoms with Crippen molar-refractivity contribution in [2.24, 2.45) is 0 Å². The van der Waals surface area contributed by atoms with Gasteiger partial charge in [-0.2, -0.15) is 0 Å². The smallest absolute Gasteiger partial charge is 0.411 e. The molecule has 0 aliphatic carbocycles. The van der Waals surface area contributed by atoms with Crippen molar-refractivity contribution in [2.45, 2.75) is 17.9 Å². The number of nitrogens with one attached hydrogen (secondary N) is 2. The molecule has 3 rings (SSSR count). The maximum Gasteiger partial charge on any atom is 0.411 e. The highest BCUT2D eigenvalue weighted by Gasteiger charge is 2.38. The molecule has 0 bridgehead atoms. The molecule has 1 heterocycles. The first-order valence-electron chi connectivity index (χ1n) is 8.44. The number of carbonyl (C=O) groups is 2. The summed E-state index contributed by atoms with van der Waals surface area (Å²) >= 11 is 6.09. The molecular formula is C18H18ClN3O5S. The summed E-state index contributed by atoms with van der Waals surface area (Å²) in [7, 11) is -4.11. The number of hydrogen-bond donors (Lipinski definition) is 2. The molecule has 1 aliphatic heterocycles. The van der Waals surface area contributed by atoms with Gasteiger partial charge in [0.1, 0.15) is 0 Å². The Labute approximate surface area is 167 Å². The lowest BCUT2D eigenvalue weighted by Crippen LogP contribution is -2.34. The molecule has 10 heteroatoms. The molecule has 148 valence electrons. The van der Waals surface area contributed by atoms with Crippen LogP contribution in [0.3, 0.4) is 0 Å². The van der Waals surface area contributed by atoms with E-state index in [1.807, 2.05) is 30.3 Å². The summed E-state index contributed by atoms with van der Waals surface area (Å²) in [6, 6.07) is 11.7. The number of benzene rings is 2. The summed E-state index contributed by atoms with van der Waals surface area (Å²) in [5.41, 5.74) is 1.01. The van der Waals surface area contributed by atoms with Crippen LogP contribution in [-0.2, 0) is 14.8 Å². The highest BCUT2D eigenvalue weighted by Crippen LogP contribution is 2.30. The third-order valence-electron chi connectivity index (χ3n) is 4.12. The second-order valence-corrected chi connectivity index (χ2v) is 8.21. The molecule has 1 atom stereocenters. The molecule has 0 aromatic heterocycles. The number of sulfonamides is 1. The first kappa shape index (κ1) is 20.0. The van der Waals surface area contributed by atoms with Crippen molar-refractivity contribution < 1.29 is 22.7 Å². The minimum absolute atomic E-state index is 0.00772. The zero-order valence-electron chi connectivity index (χ0n) is 14.9. The van der Waals surface area contributed by atoms with Gasteiger partial charge in [0.25, 0.3) is 10.0 Å². The number of carbonyl (C=O) groups excluding carboxylic acids is 2. The van der Waals surface area contributed by atoms with Gasteiger partial charge in [-0.25, -0.2) is 22.3 Å². The predicted octanol–water partition coefficient (Wildman–Crippen LogP) is 3.36. The van der Waals surface area contributed by atoms with Crippen LogP contribution in [-0.4, -0.2) is 38.0 Å². The van der Waals surface area contributed by atoms with Crippen molar-refractivity contribution >= 4 is 39.4 Å². The van der Waals surface area contributed by atoms with E-state index in [1.165, 1.54) is 18.2 Å². The van der Waals surface area contributed by atoms with Gasteiger partial charge in [-0.15, -0.1) is 0 Å². The Bertz CT molecular complexity index is 998. The lowest BCUT2D eigenvalue weighted by Gasteiger charge is -2.16. The summed E-state index contributed by atoms with van der Waals surface area (Å²) in [4.78, 5) is 23.6. The monoisotopic (exact) mass is 423 g/mol. The zero-order chi connectivity index (χ0) is 20.3. The van der Waals surface area contributed by atoms with E-state index < -0.39 is 28.2 Å². The minimum atomic E-state index is -4.11. The van der Waals surface area contributed by atoms with Crippen molar-refractivity contribution in [2.75, 3.05) is 18.5 Å². The molecule has 2 aromatic carbocycles. The Hall–Kier alpha value is -2.78. The number of amides is 3. The SMILES string of the molecule is CCOC(=O)Nc1ccc(S(=O)(=O)N2C[C@H](c3ccccc3)NC2=O)cc1Cl. The van der Waals surface area contributed by atoms with Crippen molar-refractivity contribution in [3.63, 3.8) is 0 Å². The molecule has 0 radical (unpaired) electrons. The second-order valence-electron chi connectivity index (χ2n) is 5.94. The van der Waals surface area contributed by atoms with Gasteiger partial charge in [0.15, 0.2) is 0 Å². The van der Waals surface area contributed by atoms with Gasteiger partial charge in [0.05, 0.1) is 34.8 Å². The predicted molar refractivity (Wildman–Crippen MR) is 104 cm³/mol. The summed E-state index contributed by atoms with van der Waals surface area (Å²) in [6.07, 6.45) is -0.704. The second kappa shape index (κ2) is 8.07. The van der Waals surface area contributed by atoms with E-state index in [4.69, 9.17) is 16.3 Å². The van der Waals surface area contributed by atoms with Gasteiger partial charge in [0, 0.05) is 0 Å². The summed E-state index contributed by atoms with van der Waals surface area (Å²) in [5.74, 6) is 0. The average Bonchev–Trinajstić information content (AvgIpc) is 3.07. The fourth-order valence-corrected chi connectivity index (χ4v) is 4.43. The third-order valence-corrected chi connectivity index (χ3v) is 6.17. The molecule has 3 amide bonds. The minimum Gasteiger partial charge on any atom is -0.450 e. The molecule has 1 saturated heterocycles. The van der Waals surface area contributed by atoms with Crippen LogP contribution in [0, 0.1) is 0 Å². The van der Waals surface area contributed by atoms with Crippen LogP contribution in [0.2, 0.25) is 5.02 Å². The van der Waals surface area contributed by atoms with Gasteiger partial charge in [0.2, 0.25) is 0 Å². The number of urea groups is 1. The number of halogens is 1. The van der Waals surface area contributed by atoms with Gasteiger partial charge in [-0.3, -0.25) is 5.32 Å². The first-order chi connectivity index (χ1) is 13.3. The summed E-state index contributed by atoms with van der Waals surface area (Å²) in [5, 5.41) is 5.09. The fraction of sp³-hybridized carbons (Fsp3) is 0.222. The fourth-order valence-electron chi connectivity index (χ4n) is 2.76. The Morgan fingerprint density at radius 1 is 1.29 bits per heavy atom. The van der Waals surface area contributed by atoms with Crippen molar-refractivity contribution in [1.82, 2.24) is 9.62 Å². The maximum absolute atomic E-state index is 12.9. The van der Waals surface area contributed by atoms with E-state index in [0.717, 1.165) is 9.87 Å². The molecule has 2 aromatic rings. The Kier molecular flexibility index (Phi) is 5.76. The van der Waals surface area contributed by atoms with Crippen LogP contribution in [0.4, 0.5) is 15.3 Å². The van der Waals surface area contributed by atoms with E-state index >= 15 is 0 Å². The van der Waals surface area contributed by atoms with Crippen LogP contribution < -0.4 is 10.6 Å². The maximum atomic E-state index is 12.9. The average molecular weight is 424 g/mol. The van der Waals surface area contributed by atoms with E-state index in [1.54, 1.807) is 6.92 Å². The number of hydrogen-bond acceptors (Lipinski definition) is 5. The van der Waals surface area contributed by atoms with E-state index in [0.29, 0.717) is 0 Å². The molecule has 1 fully saturated rings. The van der Waals surface area contributed by atoms with Crippen LogP contribution in [0.25, 0.3) is 0 Å². The van der Waals surface area contributed by atoms with E-state index in [9.17, 15) is 18.0 Å². The van der Waals surface area contributed by atoms with Crippen molar-refractivity contribution in [1.29, 1.82) is 0 Å². The topological polar surface area (TPSA) is 105 Å². The molecule has 28 heavy (non-hydrogen) atoms. The summed E-state index contributed by atoms with van der Waals surface area (Å²) < 4.78 is 31.3. The number of ether oxygens (including phenoxy) is 1. The molecular weight excluding hydrogens is 406 g/mol. The third kappa shape index (κ3) is 4.05. The molecule has 1 aliphatic rings. The van der Waals surface area contributed by atoms with E-state index in [2.05, 4.69) is 10.6 Å². The highest BCUT2D eigenvalue weighted by atomic mass is 35.5. The van der Waals surface area contributed by atoms with Crippen molar-refractivity contribution in [3.05, 3.63) is 59.1 Å². The van der Waals surface area contributed by atoms with Gasteiger partial charge >= 0.3 is 12.1 Å². The molecule has 0 unspecified atom stereocenters. The normalized spacial score (nSPS) is 16.6. The number of rotatable bonds is 5. The lowest BCUT2D eigenvalue weighted by molar-refractivity contribution is 0.168. The molecule has 2 N–H and O–H groups in total. The molecule has 0 saturated carbocycles. The van der Waals surface area contributed by atoms with Gasteiger partial charge in [-0.1, -0.05) is 41.9 Å². The Balaban J connectivity index is 1.82. The van der Waals surface area contributed by atoms with Crippen LogP contribution in [0.1, 0.15) is 18.5 Å². The Morgan fingerprint density at radius 3 is 2.64 bits per heavy atom. The van der Waals surface area contributed by atoms with Gasteiger partial charge < -0.3 is 10.1 Å². The summed E-state index contributed by atoms with van der Waals surface area (Å²) in [6.45, 7) is 1.80. The van der Waals surface area contributed by atoms with Crippen LogP contribution in [0.15, 0.2) is 53.4 Å². The number of anilines is 1. The Morgan fingerprint density at radius 2 is 2.00 bits per heavy atom. The lowest BCUT2D eigenvalue weighted by atomic mass is 10.1. The number of nitrogens with zero attached hydrogens (tertiary/aromatic N) is 1. The van der Waals surface area contributed by atoms with Gasteiger partial charge in [-0.05, 0) is 30.7 Å².